The molecular weight excluding hydrogens is 268 g/mol. The van der Waals surface area contributed by atoms with Crippen LogP contribution in [0.4, 0.5) is 0 Å². The Hall–Kier alpha value is -1.59. The van der Waals surface area contributed by atoms with Crippen LogP contribution in [0.1, 0.15) is 33.1 Å². The standard InChI is InChI=1S/C16H24N2O3/c1-11(9-16(2,3)20-5)17-10-15-18-13-8-12(19-4)6-7-14(13)21-15/h6-8,11,17H,9-10H2,1-5H3/t11-/m0/s1. The summed E-state index contributed by atoms with van der Waals surface area (Å²) in [6.45, 7) is 6.89. The molecule has 0 spiro atoms. The number of methoxy groups -OCH3 is 2. The Balaban J connectivity index is 1.97. The molecule has 0 saturated carbocycles. The largest absolute Gasteiger partial charge is 0.497 e. The summed E-state index contributed by atoms with van der Waals surface area (Å²) >= 11 is 0. The lowest BCUT2D eigenvalue weighted by Gasteiger charge is -2.26. The Bertz CT molecular complexity index is 592. The van der Waals surface area contributed by atoms with Gasteiger partial charge in [-0.1, -0.05) is 0 Å². The van der Waals surface area contributed by atoms with Crippen molar-refractivity contribution in [2.75, 3.05) is 14.2 Å². The van der Waals surface area contributed by atoms with Crippen LogP contribution in [0.3, 0.4) is 0 Å². The highest BCUT2D eigenvalue weighted by Gasteiger charge is 2.20. The first kappa shape index (κ1) is 15.8. The minimum atomic E-state index is -0.138. The third-order valence-corrected chi connectivity index (χ3v) is 3.59. The van der Waals surface area contributed by atoms with Gasteiger partial charge in [0.25, 0.3) is 0 Å². The zero-order valence-corrected chi connectivity index (χ0v) is 13.4. The molecule has 0 bridgehead atoms. The topological polar surface area (TPSA) is 56.5 Å². The van der Waals surface area contributed by atoms with E-state index >= 15 is 0 Å². The monoisotopic (exact) mass is 292 g/mol. The van der Waals surface area contributed by atoms with Crippen LogP contribution in [0, 0.1) is 0 Å². The smallest absolute Gasteiger partial charge is 0.209 e. The predicted octanol–water partition coefficient (Wildman–Crippen LogP) is 3.13. The molecule has 0 aliphatic carbocycles. The van der Waals surface area contributed by atoms with Crippen molar-refractivity contribution in [1.29, 1.82) is 0 Å². The average Bonchev–Trinajstić information content (AvgIpc) is 2.86. The summed E-state index contributed by atoms with van der Waals surface area (Å²) in [4.78, 5) is 4.47. The molecule has 0 aliphatic rings. The molecule has 0 fully saturated rings. The Morgan fingerprint density at radius 1 is 1.33 bits per heavy atom. The van der Waals surface area contributed by atoms with Gasteiger partial charge in [-0.05, 0) is 39.3 Å². The van der Waals surface area contributed by atoms with E-state index in [9.17, 15) is 0 Å². The third kappa shape index (κ3) is 4.19. The van der Waals surface area contributed by atoms with Gasteiger partial charge in [0.15, 0.2) is 5.58 Å². The maximum absolute atomic E-state index is 5.71. The van der Waals surface area contributed by atoms with E-state index < -0.39 is 0 Å². The van der Waals surface area contributed by atoms with E-state index in [1.165, 1.54) is 0 Å². The van der Waals surface area contributed by atoms with Crippen LogP contribution in [0.15, 0.2) is 22.6 Å². The Kier molecular flexibility index (Phi) is 4.85. The molecule has 0 amide bonds. The molecule has 2 rings (SSSR count). The van der Waals surface area contributed by atoms with Gasteiger partial charge in [0, 0.05) is 19.2 Å². The van der Waals surface area contributed by atoms with Gasteiger partial charge in [0.1, 0.15) is 11.3 Å². The summed E-state index contributed by atoms with van der Waals surface area (Å²) in [6.07, 6.45) is 0.914. The zero-order valence-electron chi connectivity index (χ0n) is 13.4. The third-order valence-electron chi connectivity index (χ3n) is 3.59. The van der Waals surface area contributed by atoms with E-state index in [-0.39, 0.29) is 5.60 Å². The molecule has 5 nitrogen and oxygen atoms in total. The molecule has 21 heavy (non-hydrogen) atoms. The number of fused-ring (bicyclic) bond motifs is 1. The second kappa shape index (κ2) is 6.45. The van der Waals surface area contributed by atoms with E-state index in [4.69, 9.17) is 13.9 Å². The van der Waals surface area contributed by atoms with Gasteiger partial charge >= 0.3 is 0 Å². The molecule has 1 heterocycles. The molecule has 1 atom stereocenters. The van der Waals surface area contributed by atoms with Crippen LogP contribution in [-0.4, -0.2) is 30.8 Å². The average molecular weight is 292 g/mol. The fourth-order valence-electron chi connectivity index (χ4n) is 2.31. The van der Waals surface area contributed by atoms with E-state index in [1.807, 2.05) is 18.2 Å². The normalized spacial score (nSPS) is 13.6. The van der Waals surface area contributed by atoms with E-state index in [0.29, 0.717) is 18.5 Å². The fraction of sp³-hybridized carbons (Fsp3) is 0.562. The summed E-state index contributed by atoms with van der Waals surface area (Å²) in [5, 5.41) is 3.41. The molecule has 1 aromatic carbocycles. The SMILES string of the molecule is COc1ccc2oc(CN[C@@H](C)CC(C)(C)OC)nc2c1. The minimum absolute atomic E-state index is 0.138. The summed E-state index contributed by atoms with van der Waals surface area (Å²) in [5.74, 6) is 1.46. The van der Waals surface area contributed by atoms with Gasteiger partial charge in [0.05, 0.1) is 19.3 Å². The van der Waals surface area contributed by atoms with Crippen molar-refractivity contribution in [3.8, 4) is 5.75 Å². The number of ether oxygens (including phenoxy) is 2. The number of benzene rings is 1. The quantitative estimate of drug-likeness (QED) is 0.849. The van der Waals surface area contributed by atoms with Crippen molar-refractivity contribution in [3.63, 3.8) is 0 Å². The number of rotatable bonds is 7. The van der Waals surface area contributed by atoms with Crippen LogP contribution in [0.5, 0.6) is 5.75 Å². The van der Waals surface area contributed by atoms with Gasteiger partial charge < -0.3 is 19.2 Å². The van der Waals surface area contributed by atoms with Crippen molar-refractivity contribution in [1.82, 2.24) is 10.3 Å². The molecule has 5 heteroatoms. The minimum Gasteiger partial charge on any atom is -0.497 e. The van der Waals surface area contributed by atoms with E-state index in [0.717, 1.165) is 23.3 Å². The Morgan fingerprint density at radius 3 is 2.76 bits per heavy atom. The van der Waals surface area contributed by atoms with Gasteiger partial charge in [-0.3, -0.25) is 0 Å². The van der Waals surface area contributed by atoms with Crippen molar-refractivity contribution in [2.24, 2.45) is 0 Å². The number of hydrogen-bond acceptors (Lipinski definition) is 5. The Labute approximate surface area is 125 Å². The lowest BCUT2D eigenvalue weighted by molar-refractivity contribution is 0.00829. The van der Waals surface area contributed by atoms with Crippen molar-refractivity contribution in [3.05, 3.63) is 24.1 Å². The lowest BCUT2D eigenvalue weighted by atomic mass is 10.00. The van der Waals surface area contributed by atoms with Gasteiger partial charge in [0.2, 0.25) is 5.89 Å². The number of nitrogens with one attached hydrogen (secondary N) is 1. The highest BCUT2D eigenvalue weighted by molar-refractivity contribution is 5.74. The molecule has 0 radical (unpaired) electrons. The first-order valence-corrected chi connectivity index (χ1v) is 7.15. The summed E-state index contributed by atoms with van der Waals surface area (Å²) in [5.41, 5.74) is 1.45. The zero-order chi connectivity index (χ0) is 15.5. The molecule has 1 aromatic heterocycles. The highest BCUT2D eigenvalue weighted by atomic mass is 16.5. The summed E-state index contributed by atoms with van der Waals surface area (Å²) in [7, 11) is 3.38. The number of nitrogens with zero attached hydrogens (tertiary/aromatic N) is 1. The predicted molar refractivity (Wildman–Crippen MR) is 82.6 cm³/mol. The molecule has 0 saturated heterocycles. The Morgan fingerprint density at radius 2 is 2.10 bits per heavy atom. The second-order valence-electron chi connectivity index (χ2n) is 5.89. The molecule has 1 N–H and O–H groups in total. The van der Waals surface area contributed by atoms with Crippen molar-refractivity contribution < 1.29 is 13.9 Å². The first-order chi connectivity index (χ1) is 9.93. The number of aromatic nitrogens is 1. The maximum Gasteiger partial charge on any atom is 0.209 e. The van der Waals surface area contributed by atoms with E-state index in [1.54, 1.807) is 14.2 Å². The highest BCUT2D eigenvalue weighted by Crippen LogP contribution is 2.21. The number of oxazole rings is 1. The molecule has 2 aromatic rings. The second-order valence-corrected chi connectivity index (χ2v) is 5.89. The van der Waals surface area contributed by atoms with Gasteiger partial charge in [-0.15, -0.1) is 0 Å². The van der Waals surface area contributed by atoms with Gasteiger partial charge in [-0.25, -0.2) is 4.98 Å². The van der Waals surface area contributed by atoms with E-state index in [2.05, 4.69) is 31.1 Å². The molecule has 116 valence electrons. The van der Waals surface area contributed by atoms with Crippen molar-refractivity contribution >= 4 is 11.1 Å². The van der Waals surface area contributed by atoms with Gasteiger partial charge in [-0.2, -0.15) is 0 Å². The van der Waals surface area contributed by atoms with Crippen molar-refractivity contribution in [2.45, 2.75) is 45.4 Å². The van der Waals surface area contributed by atoms with Crippen LogP contribution in [0.25, 0.3) is 11.1 Å². The summed E-state index contributed by atoms with van der Waals surface area (Å²) < 4.78 is 16.3. The molecule has 0 unspecified atom stereocenters. The molecule has 0 aliphatic heterocycles. The summed E-state index contributed by atoms with van der Waals surface area (Å²) in [6, 6.07) is 5.93. The molecular formula is C16H24N2O3. The lowest BCUT2D eigenvalue weighted by Crippen LogP contribution is -2.35. The maximum atomic E-state index is 5.71. The fourth-order valence-corrected chi connectivity index (χ4v) is 2.31. The van der Waals surface area contributed by atoms with Crippen LogP contribution < -0.4 is 10.1 Å². The number of hydrogen-bond donors (Lipinski definition) is 1. The van der Waals surface area contributed by atoms with Crippen LogP contribution in [-0.2, 0) is 11.3 Å². The van der Waals surface area contributed by atoms with Crippen LogP contribution in [0.2, 0.25) is 0 Å². The first-order valence-electron chi connectivity index (χ1n) is 7.15. The van der Waals surface area contributed by atoms with Crippen LogP contribution >= 0.6 is 0 Å².